The monoisotopic (exact) mass is 592 g/mol. The van der Waals surface area contributed by atoms with Crippen LogP contribution >= 0.6 is 67.3 Å². The van der Waals surface area contributed by atoms with Crippen molar-refractivity contribution in [2.75, 3.05) is 11.5 Å². The number of amides is 2. The van der Waals surface area contributed by atoms with Gasteiger partial charge in [0.15, 0.2) is 16.6 Å². The zero-order chi connectivity index (χ0) is 22.2. The first-order valence-corrected chi connectivity index (χ1v) is 11.1. The molecule has 1 aliphatic rings. The third-order valence-electron chi connectivity index (χ3n) is 4.05. The summed E-state index contributed by atoms with van der Waals surface area (Å²) in [5.41, 5.74) is 0.470. The summed E-state index contributed by atoms with van der Waals surface area (Å²) in [6, 6.07) is 6.25. The lowest BCUT2D eigenvalue weighted by Gasteiger charge is -2.29. The van der Waals surface area contributed by atoms with Crippen molar-refractivity contribution in [1.29, 1.82) is 0 Å². The highest BCUT2D eigenvalue weighted by atomic mass is 79.9. The van der Waals surface area contributed by atoms with E-state index in [2.05, 4.69) is 37.2 Å². The molecule has 1 aliphatic heterocycles. The molecule has 3 rings (SSSR count). The summed E-state index contributed by atoms with van der Waals surface area (Å²) < 4.78 is 6.16. The Hall–Kier alpha value is -1.65. The van der Waals surface area contributed by atoms with Crippen molar-refractivity contribution in [1.82, 2.24) is 5.32 Å². The summed E-state index contributed by atoms with van der Waals surface area (Å²) >= 11 is 24.1. The number of ether oxygens (including phenoxy) is 1. The first-order chi connectivity index (χ1) is 14.2. The van der Waals surface area contributed by atoms with E-state index in [0.717, 1.165) is 4.90 Å². The van der Waals surface area contributed by atoms with E-state index in [4.69, 9.17) is 40.2 Å². The molecular weight excluding hydrogens is 583 g/mol. The first kappa shape index (κ1) is 23.0. The fraction of sp³-hybridized carbons (Fsp3) is 0.105. The van der Waals surface area contributed by atoms with Gasteiger partial charge in [-0.15, -0.1) is 0 Å². The topological polar surface area (TPSA) is 78.9 Å². The van der Waals surface area contributed by atoms with Gasteiger partial charge in [0.2, 0.25) is 0 Å². The van der Waals surface area contributed by atoms with Gasteiger partial charge in [0.1, 0.15) is 5.57 Å². The fourth-order valence-electron chi connectivity index (χ4n) is 2.68. The first-order valence-electron chi connectivity index (χ1n) is 8.36. The summed E-state index contributed by atoms with van der Waals surface area (Å²) in [5, 5.41) is 12.9. The predicted octanol–water partition coefficient (Wildman–Crippen LogP) is 5.45. The quantitative estimate of drug-likeness (QED) is 0.279. The van der Waals surface area contributed by atoms with E-state index in [1.807, 2.05) is 0 Å². The van der Waals surface area contributed by atoms with Crippen LogP contribution in [0.5, 0.6) is 11.5 Å². The number of anilines is 1. The van der Waals surface area contributed by atoms with Gasteiger partial charge in [0.05, 0.1) is 26.8 Å². The largest absolute Gasteiger partial charge is 0.503 e. The average molecular weight is 595 g/mol. The van der Waals surface area contributed by atoms with E-state index in [0.29, 0.717) is 21.1 Å². The van der Waals surface area contributed by atoms with E-state index in [9.17, 15) is 14.7 Å². The number of hydrogen-bond donors (Lipinski definition) is 2. The van der Waals surface area contributed by atoms with Crippen LogP contribution in [0.15, 0.2) is 38.8 Å². The van der Waals surface area contributed by atoms with E-state index in [1.54, 1.807) is 25.1 Å². The standard InChI is InChI=1S/C19H12Br2Cl2N2O4S/c1-2-29-12-7-8(13(20)14(21)16(12)26)6-9-17(27)24-19(30)25(18(9)28)11-5-3-4-10(22)15(11)23/h3-7,26H,2H2,1H3,(H,24,27,30)/b9-6+. The molecule has 0 bridgehead atoms. The number of thiocarbonyl (C=S) groups is 1. The molecule has 1 saturated heterocycles. The van der Waals surface area contributed by atoms with Crippen molar-refractivity contribution >= 4 is 96.0 Å². The highest BCUT2D eigenvalue weighted by Gasteiger charge is 2.36. The van der Waals surface area contributed by atoms with Crippen LogP contribution < -0.4 is 15.0 Å². The van der Waals surface area contributed by atoms with Gasteiger partial charge in [-0.2, -0.15) is 0 Å². The lowest BCUT2D eigenvalue weighted by atomic mass is 10.1. The highest BCUT2D eigenvalue weighted by Crippen LogP contribution is 2.43. The molecule has 2 N–H and O–H groups in total. The number of phenolic OH excluding ortho intramolecular Hbond substituents is 1. The van der Waals surface area contributed by atoms with Gasteiger partial charge in [0, 0.05) is 4.47 Å². The van der Waals surface area contributed by atoms with E-state index in [-0.39, 0.29) is 37.9 Å². The zero-order valence-corrected chi connectivity index (χ0v) is 20.6. The Bertz CT molecular complexity index is 1120. The number of halogens is 4. The van der Waals surface area contributed by atoms with Gasteiger partial charge in [-0.05, 0) is 80.8 Å². The number of hydrogen-bond acceptors (Lipinski definition) is 5. The van der Waals surface area contributed by atoms with Gasteiger partial charge in [0.25, 0.3) is 11.8 Å². The minimum atomic E-state index is -0.679. The molecule has 2 aromatic rings. The molecule has 6 nitrogen and oxygen atoms in total. The Morgan fingerprint density at radius 3 is 2.63 bits per heavy atom. The lowest BCUT2D eigenvalue weighted by molar-refractivity contribution is -0.122. The van der Waals surface area contributed by atoms with Gasteiger partial charge >= 0.3 is 0 Å². The molecule has 0 aliphatic carbocycles. The SMILES string of the molecule is CCOc1cc(/C=C2\C(=O)NC(=S)N(c3cccc(Cl)c3Cl)C2=O)c(Br)c(Br)c1O. The lowest BCUT2D eigenvalue weighted by Crippen LogP contribution is -2.54. The van der Waals surface area contributed by atoms with Crippen molar-refractivity contribution < 1.29 is 19.4 Å². The molecule has 0 atom stereocenters. The van der Waals surface area contributed by atoms with Crippen LogP contribution in [0, 0.1) is 0 Å². The summed E-state index contributed by atoms with van der Waals surface area (Å²) in [4.78, 5) is 26.8. The number of carbonyl (C=O) groups excluding carboxylic acids is 2. The van der Waals surface area contributed by atoms with Crippen LogP contribution in [-0.2, 0) is 9.59 Å². The molecule has 30 heavy (non-hydrogen) atoms. The Kier molecular flexibility index (Phi) is 7.09. The summed E-state index contributed by atoms with van der Waals surface area (Å²) in [6.07, 6.45) is 1.36. The Balaban J connectivity index is 2.13. The van der Waals surface area contributed by atoms with Crippen LogP contribution in [0.25, 0.3) is 6.08 Å². The number of phenols is 1. The van der Waals surface area contributed by atoms with E-state index < -0.39 is 11.8 Å². The Labute approximate surface area is 204 Å². The van der Waals surface area contributed by atoms with Crippen molar-refractivity contribution in [2.24, 2.45) is 0 Å². The Morgan fingerprint density at radius 1 is 1.27 bits per heavy atom. The highest BCUT2D eigenvalue weighted by molar-refractivity contribution is 9.13. The van der Waals surface area contributed by atoms with Crippen LogP contribution in [0.1, 0.15) is 12.5 Å². The number of rotatable bonds is 4. The average Bonchev–Trinajstić information content (AvgIpc) is 2.69. The molecule has 2 amide bonds. The molecular formula is C19H12Br2Cl2N2O4S. The maximum atomic E-state index is 13.2. The molecule has 1 heterocycles. The summed E-state index contributed by atoms with van der Waals surface area (Å²) in [6.45, 7) is 2.07. The molecule has 0 unspecified atom stereocenters. The second-order valence-electron chi connectivity index (χ2n) is 5.90. The molecule has 1 fully saturated rings. The van der Waals surface area contributed by atoms with Crippen LogP contribution in [0.3, 0.4) is 0 Å². The number of benzene rings is 2. The smallest absolute Gasteiger partial charge is 0.270 e. The second-order valence-corrected chi connectivity index (χ2v) is 8.66. The number of nitrogens with one attached hydrogen (secondary N) is 1. The normalized spacial score (nSPS) is 15.6. The maximum absolute atomic E-state index is 13.2. The number of carbonyl (C=O) groups is 2. The molecule has 0 radical (unpaired) electrons. The summed E-state index contributed by atoms with van der Waals surface area (Å²) in [5.74, 6) is -1.28. The molecule has 11 heteroatoms. The second kappa shape index (κ2) is 9.23. The molecule has 0 spiro atoms. The minimum absolute atomic E-state index is 0.112. The van der Waals surface area contributed by atoms with Crippen LogP contribution in [0.2, 0.25) is 10.0 Å². The van der Waals surface area contributed by atoms with Crippen molar-refractivity contribution in [2.45, 2.75) is 6.92 Å². The molecule has 0 aromatic heterocycles. The van der Waals surface area contributed by atoms with Crippen molar-refractivity contribution in [3.8, 4) is 11.5 Å². The third kappa shape index (κ3) is 4.22. The van der Waals surface area contributed by atoms with E-state index in [1.165, 1.54) is 12.1 Å². The van der Waals surface area contributed by atoms with Crippen LogP contribution in [-0.4, -0.2) is 28.6 Å². The van der Waals surface area contributed by atoms with Crippen LogP contribution in [0.4, 0.5) is 5.69 Å². The van der Waals surface area contributed by atoms with Gasteiger partial charge in [-0.1, -0.05) is 29.3 Å². The number of aromatic hydroxyl groups is 1. The molecule has 2 aromatic carbocycles. The van der Waals surface area contributed by atoms with Gasteiger partial charge in [-0.3, -0.25) is 19.8 Å². The molecule has 156 valence electrons. The third-order valence-corrected chi connectivity index (χ3v) is 7.30. The van der Waals surface area contributed by atoms with Gasteiger partial charge in [-0.25, -0.2) is 0 Å². The van der Waals surface area contributed by atoms with E-state index >= 15 is 0 Å². The van der Waals surface area contributed by atoms with Crippen molar-refractivity contribution in [3.05, 3.63) is 54.4 Å². The Morgan fingerprint density at radius 2 is 1.97 bits per heavy atom. The summed E-state index contributed by atoms with van der Waals surface area (Å²) in [7, 11) is 0. The molecule has 0 saturated carbocycles. The van der Waals surface area contributed by atoms with Gasteiger partial charge < -0.3 is 9.84 Å². The fourth-order valence-corrected chi connectivity index (χ4v) is 4.17. The number of nitrogens with zero attached hydrogens (tertiary/aromatic N) is 1. The predicted molar refractivity (Wildman–Crippen MR) is 127 cm³/mol. The zero-order valence-electron chi connectivity index (χ0n) is 15.1. The van der Waals surface area contributed by atoms with Crippen molar-refractivity contribution in [3.63, 3.8) is 0 Å². The minimum Gasteiger partial charge on any atom is -0.503 e. The maximum Gasteiger partial charge on any atom is 0.270 e.